The summed E-state index contributed by atoms with van der Waals surface area (Å²) in [5, 5.41) is 23.8. The average molecular weight is 479 g/mol. The van der Waals surface area contributed by atoms with Gasteiger partial charge in [0.1, 0.15) is 0 Å². The van der Waals surface area contributed by atoms with Crippen LogP contribution in [0.2, 0.25) is 0 Å². The first-order valence-corrected chi connectivity index (χ1v) is 13.4. The van der Waals surface area contributed by atoms with Crippen molar-refractivity contribution in [3.8, 4) is 0 Å². The Morgan fingerprint density at radius 2 is 1.89 bits per heavy atom. The molecule has 3 saturated carbocycles. The minimum atomic E-state index is -0.505. The van der Waals surface area contributed by atoms with Crippen molar-refractivity contribution in [2.75, 3.05) is 13.1 Å². The summed E-state index contributed by atoms with van der Waals surface area (Å²) in [6, 6.07) is 10.4. The van der Waals surface area contributed by atoms with Crippen molar-refractivity contribution < 1.29 is 15.1 Å². The fourth-order valence-electron chi connectivity index (χ4n) is 8.94. The summed E-state index contributed by atoms with van der Waals surface area (Å²) < 4.78 is 0. The minimum absolute atomic E-state index is 0.0360. The van der Waals surface area contributed by atoms with Gasteiger partial charge in [-0.15, -0.1) is 0 Å². The van der Waals surface area contributed by atoms with Gasteiger partial charge in [0.25, 0.3) is 0 Å². The predicted octanol–water partition coefficient (Wildman–Crippen LogP) is 4.53. The third-order valence-electron chi connectivity index (χ3n) is 10.00. The van der Waals surface area contributed by atoms with Crippen molar-refractivity contribution in [3.63, 3.8) is 0 Å². The molecule has 190 valence electrons. The monoisotopic (exact) mass is 478 g/mol. The fraction of sp³-hybridized carbons (Fsp3) is 0.633. The number of nitrogens with two attached hydrogens (primary N) is 1. The maximum Gasteiger partial charge on any atom is 0.178 e. The zero-order valence-corrected chi connectivity index (χ0v) is 21.5. The van der Waals surface area contributed by atoms with E-state index in [4.69, 9.17) is 5.73 Å². The quantitative estimate of drug-likeness (QED) is 0.523. The van der Waals surface area contributed by atoms with Crippen molar-refractivity contribution in [1.82, 2.24) is 5.06 Å². The summed E-state index contributed by atoms with van der Waals surface area (Å²) in [5.41, 5.74) is 8.91. The molecular weight excluding hydrogens is 436 g/mol. The second-order valence-corrected chi connectivity index (χ2v) is 12.6. The second-order valence-electron chi connectivity index (χ2n) is 12.6. The number of aliphatic hydroxyl groups is 1. The number of carbonyl (C=O) groups is 1. The van der Waals surface area contributed by atoms with Crippen LogP contribution in [0, 0.1) is 34.5 Å². The van der Waals surface area contributed by atoms with Gasteiger partial charge in [-0.05, 0) is 79.4 Å². The number of ketones is 1. The molecule has 5 nitrogen and oxygen atoms in total. The maximum absolute atomic E-state index is 12.2. The van der Waals surface area contributed by atoms with Crippen molar-refractivity contribution in [3.05, 3.63) is 59.7 Å². The van der Waals surface area contributed by atoms with E-state index in [1.54, 1.807) is 12.2 Å². The lowest BCUT2D eigenvalue weighted by atomic mass is 9.43. The van der Waals surface area contributed by atoms with Crippen molar-refractivity contribution in [1.29, 1.82) is 0 Å². The summed E-state index contributed by atoms with van der Waals surface area (Å²) >= 11 is 0. The van der Waals surface area contributed by atoms with E-state index in [9.17, 15) is 15.1 Å². The SMILES string of the molecule is C[C@H]1CC2(N)C3C[C@@H](CN(O)CCCc4ccccc4)CC3(C)CC(O)C2C2(C)C=CC(=O)C=C12. The number of nitrogens with zero attached hydrogens (tertiary/aromatic N) is 1. The molecule has 4 N–H and O–H groups in total. The lowest BCUT2D eigenvalue weighted by molar-refractivity contribution is -0.126. The van der Waals surface area contributed by atoms with Crippen molar-refractivity contribution >= 4 is 5.78 Å². The van der Waals surface area contributed by atoms with Gasteiger partial charge in [-0.3, -0.25) is 4.79 Å². The van der Waals surface area contributed by atoms with E-state index in [1.807, 2.05) is 12.1 Å². The third-order valence-corrected chi connectivity index (χ3v) is 10.00. The molecule has 3 fully saturated rings. The Morgan fingerprint density at radius 1 is 1.14 bits per heavy atom. The second kappa shape index (κ2) is 8.95. The first-order chi connectivity index (χ1) is 16.5. The molecule has 6 unspecified atom stereocenters. The van der Waals surface area contributed by atoms with Gasteiger partial charge in [0, 0.05) is 30.0 Å². The van der Waals surface area contributed by atoms with Crippen LogP contribution in [0.5, 0.6) is 0 Å². The summed E-state index contributed by atoms with van der Waals surface area (Å²) in [6.07, 6.45) is 10.4. The number of hydroxylamine groups is 2. The molecule has 0 saturated heterocycles. The molecule has 0 aromatic heterocycles. The topological polar surface area (TPSA) is 86.8 Å². The van der Waals surface area contributed by atoms with E-state index in [-0.39, 0.29) is 34.4 Å². The first kappa shape index (κ1) is 24.9. The molecular formula is C30H42N2O3. The molecule has 5 rings (SSSR count). The average Bonchev–Trinajstić information content (AvgIpc) is 3.11. The molecule has 1 aromatic carbocycles. The molecule has 0 radical (unpaired) electrons. The van der Waals surface area contributed by atoms with Crippen molar-refractivity contribution in [2.24, 2.45) is 40.2 Å². The first-order valence-electron chi connectivity index (χ1n) is 13.4. The number of carbonyl (C=O) groups excluding carboxylic acids is 1. The number of aliphatic hydroxyl groups excluding tert-OH is 1. The Kier molecular flexibility index (Phi) is 6.36. The van der Waals surface area contributed by atoms with Crippen LogP contribution in [0.25, 0.3) is 0 Å². The van der Waals surface area contributed by atoms with Gasteiger partial charge in [-0.25, -0.2) is 0 Å². The molecule has 0 spiro atoms. The molecule has 0 bridgehead atoms. The van der Waals surface area contributed by atoms with Crippen LogP contribution in [0.1, 0.15) is 58.4 Å². The highest BCUT2D eigenvalue weighted by Gasteiger charge is 2.67. The molecule has 5 heteroatoms. The number of fused-ring (bicyclic) bond motifs is 5. The molecule has 4 aliphatic rings. The lowest BCUT2D eigenvalue weighted by Crippen LogP contribution is -2.70. The smallest absolute Gasteiger partial charge is 0.178 e. The van der Waals surface area contributed by atoms with Crippen LogP contribution in [0.4, 0.5) is 0 Å². The predicted molar refractivity (Wildman–Crippen MR) is 138 cm³/mol. The van der Waals surface area contributed by atoms with Gasteiger partial charge in [0.15, 0.2) is 5.78 Å². The van der Waals surface area contributed by atoms with Gasteiger partial charge in [-0.1, -0.05) is 62.8 Å². The zero-order chi connectivity index (χ0) is 25.0. The number of benzene rings is 1. The molecule has 35 heavy (non-hydrogen) atoms. The van der Waals surface area contributed by atoms with Gasteiger partial charge in [-0.2, -0.15) is 5.06 Å². The number of hydrogen-bond donors (Lipinski definition) is 3. The standard InChI is InChI=1S/C30H42N2O3/c1-20-16-30(31)26-14-22(19-32(35)13-7-10-21-8-5-4-6-9-21)17-28(26,2)18-25(34)27(30)29(3)12-11-23(33)15-24(20)29/h4-6,8-9,11-12,15,20,22,25-27,34-35H,7,10,13-14,16-19,31H2,1-3H3/t20-,22+,25?,26?,27?,28?,29?,30?/m0/s1. The highest BCUT2D eigenvalue weighted by atomic mass is 16.5. The Bertz CT molecular complexity index is 1020. The Morgan fingerprint density at radius 3 is 2.63 bits per heavy atom. The van der Waals surface area contributed by atoms with Crippen LogP contribution < -0.4 is 5.73 Å². The minimum Gasteiger partial charge on any atom is -0.393 e. The summed E-state index contributed by atoms with van der Waals surface area (Å²) in [5.74, 6) is 0.797. The van der Waals surface area contributed by atoms with Crippen LogP contribution in [-0.2, 0) is 11.2 Å². The zero-order valence-electron chi connectivity index (χ0n) is 21.5. The molecule has 0 aliphatic heterocycles. The number of rotatable bonds is 6. The Labute approximate surface area is 210 Å². The van der Waals surface area contributed by atoms with E-state index < -0.39 is 11.6 Å². The summed E-state index contributed by atoms with van der Waals surface area (Å²) in [6.45, 7) is 7.98. The summed E-state index contributed by atoms with van der Waals surface area (Å²) in [4.78, 5) is 12.2. The molecule has 1 aromatic rings. The van der Waals surface area contributed by atoms with Gasteiger partial charge >= 0.3 is 0 Å². The molecule has 0 heterocycles. The van der Waals surface area contributed by atoms with Crippen molar-refractivity contribution in [2.45, 2.75) is 70.9 Å². The highest BCUT2D eigenvalue weighted by Crippen LogP contribution is 2.67. The van der Waals surface area contributed by atoms with Crippen LogP contribution >= 0.6 is 0 Å². The van der Waals surface area contributed by atoms with Crippen LogP contribution in [0.3, 0.4) is 0 Å². The molecule has 4 aliphatic carbocycles. The third kappa shape index (κ3) is 4.25. The van der Waals surface area contributed by atoms with Gasteiger partial charge in [0.2, 0.25) is 0 Å². The number of allylic oxidation sites excluding steroid dienone is 4. The Balaban J connectivity index is 1.30. The highest BCUT2D eigenvalue weighted by molar-refractivity contribution is 6.01. The summed E-state index contributed by atoms with van der Waals surface area (Å²) in [7, 11) is 0. The number of hydrogen-bond acceptors (Lipinski definition) is 5. The van der Waals surface area contributed by atoms with E-state index in [0.29, 0.717) is 19.0 Å². The fourth-order valence-corrected chi connectivity index (χ4v) is 8.94. The van der Waals surface area contributed by atoms with E-state index in [2.05, 4.69) is 45.0 Å². The normalized spacial score (nSPS) is 42.4. The molecule has 0 amide bonds. The van der Waals surface area contributed by atoms with Gasteiger partial charge < -0.3 is 16.0 Å². The van der Waals surface area contributed by atoms with E-state index >= 15 is 0 Å². The van der Waals surface area contributed by atoms with Crippen LogP contribution in [0.15, 0.2) is 54.1 Å². The van der Waals surface area contributed by atoms with Crippen LogP contribution in [-0.4, -0.2) is 45.9 Å². The molecule has 8 atom stereocenters. The van der Waals surface area contributed by atoms with E-state index in [1.165, 1.54) is 10.6 Å². The maximum atomic E-state index is 12.2. The lowest BCUT2D eigenvalue weighted by Gasteiger charge is -2.64. The Hall–Kier alpha value is -1.79. The number of aryl methyl sites for hydroxylation is 1. The van der Waals surface area contributed by atoms with Gasteiger partial charge in [0.05, 0.1) is 6.10 Å². The largest absolute Gasteiger partial charge is 0.393 e. The van der Waals surface area contributed by atoms with E-state index in [0.717, 1.165) is 44.1 Å².